The average Bonchev–Trinajstić information content (AvgIpc) is 2.66. The van der Waals surface area contributed by atoms with E-state index in [0.717, 1.165) is 48.1 Å². The number of sulfonamides is 1. The first kappa shape index (κ1) is 20.2. The molecule has 2 aliphatic rings. The molecule has 5 nitrogen and oxygen atoms in total. The molecule has 6 heteroatoms. The number of methoxy groups -OCH3 is 1. The number of benzene rings is 2. The molecule has 0 fully saturated rings. The monoisotopic (exact) mass is 415 g/mol. The largest absolute Gasteiger partial charge is 0.495 e. The fraction of sp³-hybridized carbons (Fsp3) is 0.478. The van der Waals surface area contributed by atoms with Crippen LogP contribution >= 0.6 is 0 Å². The maximum absolute atomic E-state index is 13.4. The van der Waals surface area contributed by atoms with Crippen LogP contribution in [0.2, 0.25) is 0 Å². The Kier molecular flexibility index (Phi) is 5.11. The Labute approximate surface area is 173 Å². The minimum Gasteiger partial charge on any atom is -0.495 e. The molecule has 0 saturated carbocycles. The van der Waals surface area contributed by atoms with Gasteiger partial charge in [-0.25, -0.2) is 13.1 Å². The normalized spacial score (nSPS) is 20.3. The average molecular weight is 416 g/mol. The Morgan fingerprint density at radius 1 is 1.10 bits per heavy atom. The molecule has 0 amide bonds. The van der Waals surface area contributed by atoms with Gasteiger partial charge >= 0.3 is 0 Å². The van der Waals surface area contributed by atoms with E-state index in [1.54, 1.807) is 6.07 Å². The Morgan fingerprint density at radius 2 is 1.79 bits per heavy atom. The Balaban J connectivity index is 1.74. The van der Waals surface area contributed by atoms with Crippen LogP contribution in [-0.2, 0) is 22.9 Å². The van der Waals surface area contributed by atoms with E-state index in [1.807, 2.05) is 45.0 Å². The summed E-state index contributed by atoms with van der Waals surface area (Å²) in [5.41, 5.74) is 3.80. The highest BCUT2D eigenvalue weighted by Gasteiger charge is 2.37. The highest BCUT2D eigenvalue weighted by molar-refractivity contribution is 7.89. The van der Waals surface area contributed by atoms with Crippen molar-refractivity contribution in [2.24, 2.45) is 0 Å². The van der Waals surface area contributed by atoms with E-state index >= 15 is 0 Å². The number of ether oxygens (including phenoxy) is 2. The van der Waals surface area contributed by atoms with Crippen molar-refractivity contribution in [1.29, 1.82) is 0 Å². The summed E-state index contributed by atoms with van der Waals surface area (Å²) < 4.78 is 41.4. The number of nitrogens with one attached hydrogen (secondary N) is 1. The lowest BCUT2D eigenvalue weighted by Gasteiger charge is -2.38. The number of hydrogen-bond donors (Lipinski definition) is 1. The Morgan fingerprint density at radius 3 is 2.48 bits per heavy atom. The third-order valence-electron chi connectivity index (χ3n) is 5.84. The molecule has 1 N–H and O–H groups in total. The minimum absolute atomic E-state index is 0.221. The molecule has 0 spiro atoms. The topological polar surface area (TPSA) is 64.6 Å². The first-order valence-corrected chi connectivity index (χ1v) is 11.7. The Hall–Kier alpha value is -2.05. The van der Waals surface area contributed by atoms with Crippen LogP contribution in [0.25, 0.3) is 0 Å². The molecule has 1 heterocycles. The second-order valence-corrected chi connectivity index (χ2v) is 10.4. The number of aryl methyl sites for hydroxylation is 3. The SMILES string of the molecule is COc1cc2c(cc1S(=O)(=O)N[C@H]1CC(C)(C)Oc3ccc(C)cc31)CCCC2. The van der Waals surface area contributed by atoms with Crippen molar-refractivity contribution in [2.45, 2.75) is 69.4 Å². The molecule has 0 bridgehead atoms. The van der Waals surface area contributed by atoms with Gasteiger partial charge in [0.05, 0.1) is 13.2 Å². The van der Waals surface area contributed by atoms with Gasteiger partial charge in [0.15, 0.2) is 0 Å². The number of hydrogen-bond acceptors (Lipinski definition) is 4. The number of fused-ring (bicyclic) bond motifs is 2. The molecular formula is C23H29NO4S. The fourth-order valence-corrected chi connectivity index (χ4v) is 5.86. The van der Waals surface area contributed by atoms with Gasteiger partial charge in [-0.3, -0.25) is 0 Å². The number of rotatable bonds is 4. The molecule has 0 unspecified atom stereocenters. The van der Waals surface area contributed by atoms with Crippen LogP contribution < -0.4 is 14.2 Å². The second kappa shape index (κ2) is 7.33. The Bertz CT molecular complexity index is 1040. The van der Waals surface area contributed by atoms with Gasteiger partial charge in [0.2, 0.25) is 10.0 Å². The van der Waals surface area contributed by atoms with E-state index in [9.17, 15) is 8.42 Å². The maximum Gasteiger partial charge on any atom is 0.244 e. The second-order valence-electron chi connectivity index (χ2n) is 8.76. The van der Waals surface area contributed by atoms with Gasteiger partial charge in [-0.05, 0) is 75.8 Å². The first-order valence-electron chi connectivity index (χ1n) is 10.2. The molecule has 1 aliphatic heterocycles. The third-order valence-corrected chi connectivity index (χ3v) is 7.33. The lowest BCUT2D eigenvalue weighted by atomic mass is 9.89. The van der Waals surface area contributed by atoms with E-state index in [2.05, 4.69) is 4.72 Å². The molecule has 1 atom stereocenters. The van der Waals surface area contributed by atoms with Gasteiger partial charge in [0.25, 0.3) is 0 Å². The van der Waals surface area contributed by atoms with Crippen LogP contribution in [0, 0.1) is 6.92 Å². The summed E-state index contributed by atoms with van der Waals surface area (Å²) >= 11 is 0. The smallest absolute Gasteiger partial charge is 0.244 e. The third kappa shape index (κ3) is 4.01. The summed E-state index contributed by atoms with van der Waals surface area (Å²) in [4.78, 5) is 0.221. The molecular weight excluding hydrogens is 386 g/mol. The maximum atomic E-state index is 13.4. The van der Waals surface area contributed by atoms with Crippen LogP contribution in [0.1, 0.15) is 61.4 Å². The van der Waals surface area contributed by atoms with Crippen LogP contribution in [-0.4, -0.2) is 21.1 Å². The molecule has 2 aromatic carbocycles. The summed E-state index contributed by atoms with van der Waals surface area (Å²) in [5.74, 6) is 1.14. The van der Waals surface area contributed by atoms with Gasteiger partial charge in [0.1, 0.15) is 22.0 Å². The molecule has 156 valence electrons. The lowest BCUT2D eigenvalue weighted by molar-refractivity contribution is 0.0701. The zero-order chi connectivity index (χ0) is 20.8. The van der Waals surface area contributed by atoms with Gasteiger partial charge in [0, 0.05) is 12.0 Å². The van der Waals surface area contributed by atoms with E-state index in [4.69, 9.17) is 9.47 Å². The highest BCUT2D eigenvalue weighted by Crippen LogP contribution is 2.41. The predicted octanol–water partition coefficient (Wildman–Crippen LogP) is 4.46. The van der Waals surface area contributed by atoms with E-state index in [1.165, 1.54) is 12.7 Å². The predicted molar refractivity (Wildman–Crippen MR) is 113 cm³/mol. The molecule has 4 rings (SSSR count). The van der Waals surface area contributed by atoms with Gasteiger partial charge in [-0.2, -0.15) is 0 Å². The van der Waals surface area contributed by atoms with Crippen LogP contribution in [0.5, 0.6) is 11.5 Å². The van der Waals surface area contributed by atoms with Crippen LogP contribution in [0.4, 0.5) is 0 Å². The van der Waals surface area contributed by atoms with Crippen molar-refractivity contribution >= 4 is 10.0 Å². The minimum atomic E-state index is -3.77. The summed E-state index contributed by atoms with van der Waals surface area (Å²) in [6, 6.07) is 9.25. The van der Waals surface area contributed by atoms with Crippen molar-refractivity contribution in [1.82, 2.24) is 4.72 Å². The van der Waals surface area contributed by atoms with Gasteiger partial charge in [-0.15, -0.1) is 0 Å². The van der Waals surface area contributed by atoms with Crippen molar-refractivity contribution < 1.29 is 17.9 Å². The summed E-state index contributed by atoms with van der Waals surface area (Å²) in [7, 11) is -2.24. The van der Waals surface area contributed by atoms with E-state index in [-0.39, 0.29) is 10.9 Å². The van der Waals surface area contributed by atoms with Crippen molar-refractivity contribution in [3.8, 4) is 11.5 Å². The lowest BCUT2D eigenvalue weighted by Crippen LogP contribution is -2.41. The first-order chi connectivity index (χ1) is 13.7. The zero-order valence-electron chi connectivity index (χ0n) is 17.5. The summed E-state index contributed by atoms with van der Waals surface area (Å²) in [5, 5.41) is 0. The van der Waals surface area contributed by atoms with Crippen molar-refractivity contribution in [3.63, 3.8) is 0 Å². The molecule has 0 aromatic heterocycles. The van der Waals surface area contributed by atoms with Crippen molar-refractivity contribution in [2.75, 3.05) is 7.11 Å². The molecule has 29 heavy (non-hydrogen) atoms. The van der Waals surface area contributed by atoms with E-state index in [0.29, 0.717) is 12.2 Å². The molecule has 1 aliphatic carbocycles. The molecule has 2 aromatic rings. The highest BCUT2D eigenvalue weighted by atomic mass is 32.2. The summed E-state index contributed by atoms with van der Waals surface area (Å²) in [6.45, 7) is 5.96. The zero-order valence-corrected chi connectivity index (χ0v) is 18.4. The molecule has 0 saturated heterocycles. The van der Waals surface area contributed by atoms with E-state index < -0.39 is 15.6 Å². The standard InChI is InChI=1S/C23H29NO4S/c1-15-9-10-20-18(11-15)19(14-23(2,3)28-20)24-29(25,26)22-13-17-8-6-5-7-16(17)12-21(22)27-4/h9-13,19,24H,5-8,14H2,1-4H3/t19-/m0/s1. The van der Waals surface area contributed by atoms with Crippen LogP contribution in [0.3, 0.4) is 0 Å². The quantitative estimate of drug-likeness (QED) is 0.801. The summed E-state index contributed by atoms with van der Waals surface area (Å²) in [6.07, 6.45) is 4.66. The van der Waals surface area contributed by atoms with Gasteiger partial charge in [-0.1, -0.05) is 17.7 Å². The van der Waals surface area contributed by atoms with Crippen molar-refractivity contribution in [3.05, 3.63) is 52.6 Å². The van der Waals surface area contributed by atoms with Crippen LogP contribution in [0.15, 0.2) is 35.2 Å². The van der Waals surface area contributed by atoms with Gasteiger partial charge < -0.3 is 9.47 Å². The molecule has 0 radical (unpaired) electrons. The fourth-order valence-electron chi connectivity index (χ4n) is 4.44.